The van der Waals surface area contributed by atoms with Crippen LogP contribution in [0, 0.1) is 6.92 Å². The van der Waals surface area contributed by atoms with Gasteiger partial charge in [-0.05, 0) is 42.7 Å². The number of amides is 1. The molecule has 1 aliphatic heterocycles. The molecule has 0 spiro atoms. The number of aryl methyl sites for hydroxylation is 1. The Morgan fingerprint density at radius 3 is 2.43 bits per heavy atom. The summed E-state index contributed by atoms with van der Waals surface area (Å²) in [4.78, 5) is 19.0. The Morgan fingerprint density at radius 2 is 1.64 bits per heavy atom. The Bertz CT molecular complexity index is 1140. The molecule has 3 heteroatoms. The summed E-state index contributed by atoms with van der Waals surface area (Å²) < 4.78 is 0. The Balaban J connectivity index is 1.67. The maximum atomic E-state index is 13.4. The quantitative estimate of drug-likeness (QED) is 0.516. The molecule has 4 aromatic rings. The van der Waals surface area contributed by atoms with E-state index in [1.807, 2.05) is 35.2 Å². The zero-order valence-corrected chi connectivity index (χ0v) is 15.9. The molecule has 1 aliphatic rings. The number of H-pyrrole nitrogens is 1. The molecule has 138 valence electrons. The van der Waals surface area contributed by atoms with Crippen LogP contribution in [0.2, 0.25) is 0 Å². The van der Waals surface area contributed by atoms with Crippen molar-refractivity contribution in [3.8, 4) is 0 Å². The van der Waals surface area contributed by atoms with E-state index in [-0.39, 0.29) is 11.9 Å². The average Bonchev–Trinajstić information content (AvgIpc) is 3.13. The SMILES string of the molecule is Cc1ccc([C@@H]2c3[nH]c4ccccc4c3CCN2C(=O)c2ccccc2)cc1. The number of hydrogen-bond acceptors (Lipinski definition) is 1. The summed E-state index contributed by atoms with van der Waals surface area (Å²) in [5, 5.41) is 1.27. The predicted octanol–water partition coefficient (Wildman–Crippen LogP) is 5.26. The molecule has 0 bridgehead atoms. The van der Waals surface area contributed by atoms with Gasteiger partial charge in [-0.1, -0.05) is 66.2 Å². The number of carbonyl (C=O) groups excluding carboxylic acids is 1. The summed E-state index contributed by atoms with van der Waals surface area (Å²) in [5.74, 6) is 0.0791. The number of aromatic nitrogens is 1. The van der Waals surface area contributed by atoms with Crippen LogP contribution in [0.15, 0.2) is 78.9 Å². The van der Waals surface area contributed by atoms with E-state index in [9.17, 15) is 4.79 Å². The van der Waals surface area contributed by atoms with Crippen LogP contribution in [0.1, 0.15) is 38.8 Å². The third-order valence-electron chi connectivity index (χ3n) is 5.71. The Labute approximate surface area is 164 Å². The topological polar surface area (TPSA) is 36.1 Å². The summed E-state index contributed by atoms with van der Waals surface area (Å²) in [6.45, 7) is 2.80. The number of fused-ring (bicyclic) bond motifs is 3. The van der Waals surface area contributed by atoms with Gasteiger partial charge in [0, 0.05) is 28.7 Å². The van der Waals surface area contributed by atoms with Crippen LogP contribution in [0.4, 0.5) is 0 Å². The van der Waals surface area contributed by atoms with E-state index >= 15 is 0 Å². The molecule has 2 heterocycles. The van der Waals surface area contributed by atoms with E-state index in [4.69, 9.17) is 0 Å². The largest absolute Gasteiger partial charge is 0.356 e. The van der Waals surface area contributed by atoms with Gasteiger partial charge in [0.05, 0.1) is 6.04 Å². The number of aromatic amines is 1. The molecule has 0 unspecified atom stereocenters. The van der Waals surface area contributed by atoms with E-state index in [1.165, 1.54) is 16.5 Å². The minimum Gasteiger partial charge on any atom is -0.356 e. The number of para-hydroxylation sites is 1. The standard InChI is InChI=1S/C25H22N2O/c1-17-11-13-18(14-12-17)24-23-21(20-9-5-6-10-22(20)26-23)15-16-27(24)25(28)19-7-3-2-4-8-19/h2-14,24,26H,15-16H2,1H3/t24-/m1/s1. The van der Waals surface area contributed by atoms with E-state index in [0.29, 0.717) is 6.54 Å². The normalized spacial score (nSPS) is 16.2. The number of benzene rings is 3. The van der Waals surface area contributed by atoms with Crippen molar-refractivity contribution < 1.29 is 4.79 Å². The van der Waals surface area contributed by atoms with Crippen molar-refractivity contribution in [2.45, 2.75) is 19.4 Å². The monoisotopic (exact) mass is 366 g/mol. The molecule has 28 heavy (non-hydrogen) atoms. The molecule has 1 aromatic heterocycles. The molecule has 0 radical (unpaired) electrons. The molecule has 0 aliphatic carbocycles. The van der Waals surface area contributed by atoms with Crippen molar-refractivity contribution in [2.24, 2.45) is 0 Å². The first-order valence-electron chi connectivity index (χ1n) is 9.74. The summed E-state index contributed by atoms with van der Waals surface area (Å²) >= 11 is 0. The third-order valence-corrected chi connectivity index (χ3v) is 5.71. The lowest BCUT2D eigenvalue weighted by Gasteiger charge is -2.36. The fourth-order valence-electron chi connectivity index (χ4n) is 4.30. The molecule has 3 aromatic carbocycles. The predicted molar refractivity (Wildman–Crippen MR) is 113 cm³/mol. The lowest BCUT2D eigenvalue weighted by atomic mass is 9.91. The van der Waals surface area contributed by atoms with Gasteiger partial charge >= 0.3 is 0 Å². The zero-order valence-electron chi connectivity index (χ0n) is 15.9. The van der Waals surface area contributed by atoms with Crippen molar-refractivity contribution in [1.82, 2.24) is 9.88 Å². The highest BCUT2D eigenvalue weighted by atomic mass is 16.2. The zero-order chi connectivity index (χ0) is 19.1. The fourth-order valence-corrected chi connectivity index (χ4v) is 4.30. The van der Waals surface area contributed by atoms with Crippen molar-refractivity contribution in [1.29, 1.82) is 0 Å². The minimum absolute atomic E-state index is 0.0791. The second-order valence-corrected chi connectivity index (χ2v) is 7.49. The first kappa shape index (κ1) is 16.8. The number of nitrogens with zero attached hydrogens (tertiary/aromatic N) is 1. The van der Waals surface area contributed by atoms with Crippen LogP contribution >= 0.6 is 0 Å². The maximum Gasteiger partial charge on any atom is 0.254 e. The van der Waals surface area contributed by atoms with Gasteiger partial charge in [0.25, 0.3) is 5.91 Å². The fraction of sp³-hybridized carbons (Fsp3) is 0.160. The second-order valence-electron chi connectivity index (χ2n) is 7.49. The first-order chi connectivity index (χ1) is 13.7. The molecular formula is C25H22N2O. The van der Waals surface area contributed by atoms with Crippen molar-refractivity contribution in [3.63, 3.8) is 0 Å². The van der Waals surface area contributed by atoms with E-state index < -0.39 is 0 Å². The molecule has 1 atom stereocenters. The van der Waals surface area contributed by atoms with Crippen LogP contribution in [-0.2, 0) is 6.42 Å². The van der Waals surface area contributed by atoms with Crippen LogP contribution in [-0.4, -0.2) is 22.3 Å². The van der Waals surface area contributed by atoms with Crippen LogP contribution in [0.5, 0.6) is 0 Å². The molecule has 3 nitrogen and oxygen atoms in total. The smallest absolute Gasteiger partial charge is 0.254 e. The van der Waals surface area contributed by atoms with Crippen molar-refractivity contribution in [2.75, 3.05) is 6.54 Å². The van der Waals surface area contributed by atoms with E-state index in [0.717, 1.165) is 28.8 Å². The van der Waals surface area contributed by atoms with Gasteiger partial charge < -0.3 is 9.88 Å². The summed E-state index contributed by atoms with van der Waals surface area (Å²) in [7, 11) is 0. The number of hydrogen-bond donors (Lipinski definition) is 1. The van der Waals surface area contributed by atoms with E-state index in [2.05, 4.69) is 60.4 Å². The third kappa shape index (κ3) is 2.71. The lowest BCUT2D eigenvalue weighted by Crippen LogP contribution is -2.40. The molecule has 0 fully saturated rings. The van der Waals surface area contributed by atoms with Gasteiger partial charge in [-0.2, -0.15) is 0 Å². The summed E-state index contributed by atoms with van der Waals surface area (Å²) in [6, 6.07) is 26.4. The number of nitrogens with one attached hydrogen (secondary N) is 1. The van der Waals surface area contributed by atoms with Crippen LogP contribution < -0.4 is 0 Å². The van der Waals surface area contributed by atoms with Crippen molar-refractivity contribution in [3.05, 3.63) is 107 Å². The molecule has 1 amide bonds. The van der Waals surface area contributed by atoms with Gasteiger partial charge in [-0.3, -0.25) is 4.79 Å². The Kier molecular flexibility index (Phi) is 4.01. The maximum absolute atomic E-state index is 13.4. The van der Waals surface area contributed by atoms with Crippen LogP contribution in [0.3, 0.4) is 0 Å². The average molecular weight is 366 g/mol. The lowest BCUT2D eigenvalue weighted by molar-refractivity contribution is 0.0692. The first-order valence-corrected chi connectivity index (χ1v) is 9.74. The van der Waals surface area contributed by atoms with Gasteiger partial charge in [0.1, 0.15) is 0 Å². The van der Waals surface area contributed by atoms with Gasteiger partial charge in [-0.25, -0.2) is 0 Å². The highest BCUT2D eigenvalue weighted by molar-refractivity contribution is 5.95. The second kappa shape index (κ2) is 6.68. The van der Waals surface area contributed by atoms with Crippen LogP contribution in [0.25, 0.3) is 10.9 Å². The minimum atomic E-state index is -0.107. The number of rotatable bonds is 2. The Morgan fingerprint density at radius 1 is 0.929 bits per heavy atom. The molecule has 5 rings (SSSR count). The summed E-state index contributed by atoms with van der Waals surface area (Å²) in [6.07, 6.45) is 0.861. The number of carbonyl (C=O) groups is 1. The molecular weight excluding hydrogens is 344 g/mol. The molecule has 0 saturated carbocycles. The van der Waals surface area contributed by atoms with E-state index in [1.54, 1.807) is 0 Å². The summed E-state index contributed by atoms with van der Waals surface area (Å²) in [5.41, 5.74) is 6.71. The van der Waals surface area contributed by atoms with Gasteiger partial charge in [0.15, 0.2) is 0 Å². The van der Waals surface area contributed by atoms with Gasteiger partial charge in [-0.15, -0.1) is 0 Å². The Hall–Kier alpha value is -3.33. The van der Waals surface area contributed by atoms with Gasteiger partial charge in [0.2, 0.25) is 0 Å². The molecule has 0 saturated heterocycles. The molecule has 1 N–H and O–H groups in total. The highest BCUT2D eigenvalue weighted by Crippen LogP contribution is 2.39. The van der Waals surface area contributed by atoms with Crippen molar-refractivity contribution >= 4 is 16.8 Å². The highest BCUT2D eigenvalue weighted by Gasteiger charge is 2.34.